The van der Waals surface area contributed by atoms with E-state index in [9.17, 15) is 8.42 Å². The van der Waals surface area contributed by atoms with Crippen LogP contribution >= 0.6 is 0 Å². The first kappa shape index (κ1) is 12.8. The van der Waals surface area contributed by atoms with Crippen molar-refractivity contribution in [3.8, 4) is 0 Å². The van der Waals surface area contributed by atoms with Crippen LogP contribution in [-0.4, -0.2) is 36.0 Å². The Morgan fingerprint density at radius 2 is 1.75 bits per heavy atom. The van der Waals surface area contributed by atoms with Crippen LogP contribution in [0, 0.1) is 23.7 Å². The van der Waals surface area contributed by atoms with Gasteiger partial charge in [-0.3, -0.25) is 5.10 Å². The van der Waals surface area contributed by atoms with E-state index in [-0.39, 0.29) is 10.9 Å². The molecule has 110 valence electrons. The lowest BCUT2D eigenvalue weighted by Gasteiger charge is -2.56. The lowest BCUT2D eigenvalue weighted by atomic mass is 9.54. The molecule has 0 amide bonds. The standard InChI is InChI=1S/C14H21N3O2S/c1-17(20(18,19)13-7-15-16-8-13)14-11-3-9-2-10(5-11)6-12(14)4-9/h7-12,14H,2-6H2,1H3,(H,15,16). The summed E-state index contributed by atoms with van der Waals surface area (Å²) in [4.78, 5) is 0.286. The van der Waals surface area contributed by atoms with E-state index < -0.39 is 10.0 Å². The third kappa shape index (κ3) is 1.77. The number of hydrogen-bond acceptors (Lipinski definition) is 3. The maximum Gasteiger partial charge on any atom is 0.246 e. The van der Waals surface area contributed by atoms with Gasteiger partial charge >= 0.3 is 0 Å². The number of nitrogens with zero attached hydrogens (tertiary/aromatic N) is 2. The summed E-state index contributed by atoms with van der Waals surface area (Å²) in [6, 6.07) is 0.197. The van der Waals surface area contributed by atoms with Crippen molar-refractivity contribution in [1.82, 2.24) is 14.5 Å². The monoisotopic (exact) mass is 295 g/mol. The number of hydrogen-bond donors (Lipinski definition) is 1. The Kier molecular flexibility index (Phi) is 2.76. The average molecular weight is 295 g/mol. The molecule has 0 aliphatic heterocycles. The average Bonchev–Trinajstić information content (AvgIpc) is 2.91. The van der Waals surface area contributed by atoms with Crippen molar-refractivity contribution in [3.63, 3.8) is 0 Å². The molecule has 0 saturated heterocycles. The maximum atomic E-state index is 12.7. The van der Waals surface area contributed by atoms with Crippen LogP contribution in [0.2, 0.25) is 0 Å². The predicted octanol–water partition coefficient (Wildman–Crippen LogP) is 1.85. The van der Waals surface area contributed by atoms with Gasteiger partial charge in [-0.2, -0.15) is 9.40 Å². The van der Waals surface area contributed by atoms with Crippen LogP contribution in [0.5, 0.6) is 0 Å². The van der Waals surface area contributed by atoms with Gasteiger partial charge in [0, 0.05) is 19.3 Å². The molecule has 0 aromatic carbocycles. The molecule has 1 heterocycles. The molecule has 0 spiro atoms. The van der Waals surface area contributed by atoms with Gasteiger partial charge in [0.25, 0.3) is 0 Å². The fourth-order valence-corrected chi connectivity index (χ4v) is 6.58. The highest BCUT2D eigenvalue weighted by atomic mass is 32.2. The molecular weight excluding hydrogens is 274 g/mol. The molecule has 4 bridgehead atoms. The fraction of sp³-hybridized carbons (Fsp3) is 0.786. The lowest BCUT2D eigenvalue weighted by molar-refractivity contribution is -0.0351. The van der Waals surface area contributed by atoms with Crippen LogP contribution in [0.1, 0.15) is 32.1 Å². The van der Waals surface area contributed by atoms with Crippen molar-refractivity contribution in [1.29, 1.82) is 0 Å². The summed E-state index contributed by atoms with van der Waals surface area (Å²) < 4.78 is 27.0. The molecule has 6 heteroatoms. The minimum absolute atomic E-state index is 0.197. The minimum atomic E-state index is -3.40. The fourth-order valence-electron chi connectivity index (χ4n) is 5.20. The van der Waals surface area contributed by atoms with E-state index in [4.69, 9.17) is 0 Å². The van der Waals surface area contributed by atoms with E-state index in [0.29, 0.717) is 11.8 Å². The van der Waals surface area contributed by atoms with Crippen molar-refractivity contribution in [2.75, 3.05) is 7.05 Å². The zero-order valence-electron chi connectivity index (χ0n) is 11.7. The van der Waals surface area contributed by atoms with Gasteiger partial charge < -0.3 is 0 Å². The molecular formula is C14H21N3O2S. The number of sulfonamides is 1. The smallest absolute Gasteiger partial charge is 0.246 e. The predicted molar refractivity (Wildman–Crippen MR) is 74.4 cm³/mol. The molecule has 4 saturated carbocycles. The summed E-state index contributed by atoms with van der Waals surface area (Å²) in [5.74, 6) is 2.86. The molecule has 0 unspecified atom stereocenters. The van der Waals surface area contributed by atoms with Gasteiger partial charge in [-0.15, -0.1) is 0 Å². The third-order valence-corrected chi connectivity index (χ3v) is 7.57. The molecule has 4 aliphatic carbocycles. The lowest BCUT2D eigenvalue weighted by Crippen LogP contribution is -2.56. The van der Waals surface area contributed by atoms with Crippen molar-refractivity contribution < 1.29 is 8.42 Å². The van der Waals surface area contributed by atoms with E-state index >= 15 is 0 Å². The Balaban J connectivity index is 1.64. The van der Waals surface area contributed by atoms with Gasteiger partial charge in [0.2, 0.25) is 10.0 Å². The number of H-pyrrole nitrogens is 1. The number of nitrogens with one attached hydrogen (secondary N) is 1. The van der Waals surface area contributed by atoms with Gasteiger partial charge in [0.1, 0.15) is 4.90 Å². The molecule has 1 aromatic rings. The van der Waals surface area contributed by atoms with Crippen LogP contribution in [0.25, 0.3) is 0 Å². The van der Waals surface area contributed by atoms with Gasteiger partial charge in [-0.25, -0.2) is 8.42 Å². The topological polar surface area (TPSA) is 66.1 Å². The first-order valence-electron chi connectivity index (χ1n) is 7.52. The van der Waals surface area contributed by atoms with E-state index in [1.165, 1.54) is 44.5 Å². The maximum absolute atomic E-state index is 12.7. The van der Waals surface area contributed by atoms with Crippen LogP contribution < -0.4 is 0 Å². The second-order valence-corrected chi connectivity index (χ2v) is 8.87. The zero-order valence-corrected chi connectivity index (χ0v) is 12.5. The van der Waals surface area contributed by atoms with E-state index in [0.717, 1.165) is 11.8 Å². The SMILES string of the molecule is CN(C1C2CC3CC(C2)CC1C3)S(=O)(=O)c1cn[nH]c1. The minimum Gasteiger partial charge on any atom is -0.284 e. The summed E-state index contributed by atoms with van der Waals surface area (Å²) in [6.07, 6.45) is 9.17. The molecule has 20 heavy (non-hydrogen) atoms. The summed E-state index contributed by atoms with van der Waals surface area (Å²) in [5.41, 5.74) is 0. The summed E-state index contributed by atoms with van der Waals surface area (Å²) >= 11 is 0. The van der Waals surface area contributed by atoms with Crippen LogP contribution in [0.4, 0.5) is 0 Å². The molecule has 4 fully saturated rings. The molecule has 0 radical (unpaired) electrons. The van der Waals surface area contributed by atoms with Gasteiger partial charge in [0.05, 0.1) is 6.20 Å². The molecule has 1 N–H and O–H groups in total. The Labute approximate surface area is 119 Å². The Bertz CT molecular complexity index is 568. The van der Waals surface area contributed by atoms with E-state index in [2.05, 4.69) is 10.2 Å². The first-order chi connectivity index (χ1) is 9.55. The van der Waals surface area contributed by atoms with Crippen molar-refractivity contribution in [2.45, 2.75) is 43.0 Å². The zero-order chi connectivity index (χ0) is 13.9. The van der Waals surface area contributed by atoms with E-state index in [1.807, 2.05) is 0 Å². The Morgan fingerprint density at radius 1 is 1.15 bits per heavy atom. The van der Waals surface area contributed by atoms with Crippen LogP contribution in [0.3, 0.4) is 0 Å². The molecule has 5 rings (SSSR count). The van der Waals surface area contributed by atoms with Crippen molar-refractivity contribution in [3.05, 3.63) is 12.4 Å². The van der Waals surface area contributed by atoms with Crippen LogP contribution in [0.15, 0.2) is 17.3 Å². The second-order valence-electron chi connectivity index (χ2n) is 6.88. The number of rotatable bonds is 3. The highest BCUT2D eigenvalue weighted by Gasteiger charge is 2.51. The molecule has 4 aliphatic rings. The summed E-state index contributed by atoms with van der Waals surface area (Å²) in [7, 11) is -1.64. The quantitative estimate of drug-likeness (QED) is 0.925. The van der Waals surface area contributed by atoms with Gasteiger partial charge in [-0.1, -0.05) is 0 Å². The second kappa shape index (κ2) is 4.31. The highest BCUT2D eigenvalue weighted by Crippen LogP contribution is 2.55. The van der Waals surface area contributed by atoms with Crippen LogP contribution in [-0.2, 0) is 10.0 Å². The Morgan fingerprint density at radius 3 is 2.25 bits per heavy atom. The van der Waals surface area contributed by atoms with E-state index in [1.54, 1.807) is 11.4 Å². The summed E-state index contributed by atoms with van der Waals surface area (Å²) in [6.45, 7) is 0. The molecule has 0 atom stereocenters. The Hall–Kier alpha value is -0.880. The third-order valence-electron chi connectivity index (χ3n) is 5.75. The molecule has 5 nitrogen and oxygen atoms in total. The van der Waals surface area contributed by atoms with Gasteiger partial charge in [-0.05, 0) is 55.8 Å². The molecule has 1 aromatic heterocycles. The normalized spacial score (nSPS) is 39.6. The largest absolute Gasteiger partial charge is 0.284 e. The summed E-state index contributed by atoms with van der Waals surface area (Å²) in [5, 5.41) is 6.38. The number of aromatic nitrogens is 2. The first-order valence-corrected chi connectivity index (χ1v) is 8.96. The number of aromatic amines is 1. The highest BCUT2D eigenvalue weighted by molar-refractivity contribution is 7.89. The van der Waals surface area contributed by atoms with Crippen molar-refractivity contribution >= 4 is 10.0 Å². The van der Waals surface area contributed by atoms with Gasteiger partial charge in [0.15, 0.2) is 0 Å². The van der Waals surface area contributed by atoms with Crippen molar-refractivity contribution in [2.24, 2.45) is 23.7 Å².